The minimum absolute atomic E-state index is 0.0207. The molecule has 0 fully saturated rings. The van der Waals surface area contributed by atoms with Gasteiger partial charge in [-0.15, -0.1) is 0 Å². The number of aromatic amines is 1. The normalized spacial score (nSPS) is 14.3. The van der Waals surface area contributed by atoms with E-state index in [1.807, 2.05) is 24.3 Å². The number of nitrogens with zero attached hydrogens (tertiary/aromatic N) is 1. The van der Waals surface area contributed by atoms with Gasteiger partial charge >= 0.3 is 5.97 Å². The number of carboxylic acids is 1. The Kier molecular flexibility index (Phi) is 24.3. The molecule has 5 aromatic rings. The smallest absolute Gasteiger partial charge is 0.326 e. The van der Waals surface area contributed by atoms with Crippen LogP contribution in [0.4, 0.5) is 0 Å². The van der Waals surface area contributed by atoms with Crippen LogP contribution in [-0.2, 0) is 64.0 Å². The Labute approximate surface area is 463 Å². The third kappa shape index (κ3) is 18.9. The summed E-state index contributed by atoms with van der Waals surface area (Å²) in [6.45, 7) is 3.61. The van der Waals surface area contributed by atoms with Gasteiger partial charge in [0.05, 0.1) is 6.04 Å². The molecule has 20 nitrogen and oxygen atoms in total. The van der Waals surface area contributed by atoms with E-state index in [0.29, 0.717) is 34.6 Å². The van der Waals surface area contributed by atoms with E-state index in [2.05, 4.69) is 72.4 Å². The lowest BCUT2D eigenvalue weighted by molar-refractivity contribution is -0.142. The maximum atomic E-state index is 14.8. The number of aliphatic carboxylic acids is 1. The Bertz CT molecular complexity index is 2770. The first-order valence-corrected chi connectivity index (χ1v) is 26.8. The molecule has 77 heavy (non-hydrogen) atoms. The number of fused-ring (bicyclic) bond motifs is 1. The molecule has 0 radical (unpaired) electrons. The van der Waals surface area contributed by atoms with Crippen molar-refractivity contribution in [1.82, 2.24) is 47.2 Å². The topological polar surface area (TPSA) is 322 Å². The van der Waals surface area contributed by atoms with Crippen molar-refractivity contribution < 1.29 is 43.5 Å². The van der Waals surface area contributed by atoms with Crippen LogP contribution >= 0.6 is 36.9 Å². The molecule has 2 aromatic heterocycles. The maximum absolute atomic E-state index is 14.8. The van der Waals surface area contributed by atoms with Gasteiger partial charge in [0.15, 0.2) is 0 Å². The molecule has 8 atom stereocenters. The summed E-state index contributed by atoms with van der Waals surface area (Å²) in [6.07, 6.45) is 5.60. The van der Waals surface area contributed by atoms with Gasteiger partial charge in [-0.25, -0.2) is 4.79 Å². The molecule has 0 spiro atoms. The van der Waals surface area contributed by atoms with Crippen LogP contribution in [0, 0.1) is 5.92 Å². The molecule has 0 aliphatic heterocycles. The third-order valence-electron chi connectivity index (χ3n) is 12.6. The zero-order valence-electron chi connectivity index (χ0n) is 42.7. The second-order valence-corrected chi connectivity index (χ2v) is 20.0. The van der Waals surface area contributed by atoms with E-state index in [1.54, 1.807) is 93.0 Å². The quantitative estimate of drug-likeness (QED) is 0.0232. The lowest BCUT2D eigenvalue weighted by Crippen LogP contribution is -2.61. The minimum Gasteiger partial charge on any atom is -0.480 e. The molecule has 7 amide bonds. The number of benzene rings is 3. The average molecular weight is 1110 g/mol. The van der Waals surface area contributed by atoms with Gasteiger partial charge in [-0.05, 0) is 84.7 Å². The molecule has 0 aliphatic rings. The average Bonchev–Trinajstić information content (AvgIpc) is 3.83. The number of carboxylic acid groups (broad SMARTS) is 1. The van der Waals surface area contributed by atoms with Crippen LogP contribution in [0.15, 0.2) is 110 Å². The number of unbranched alkanes of at least 4 members (excludes halogenated alkanes) is 1. The van der Waals surface area contributed by atoms with Crippen molar-refractivity contribution >= 4 is 95.1 Å². The van der Waals surface area contributed by atoms with Crippen molar-refractivity contribution in [2.24, 2.45) is 17.4 Å². The van der Waals surface area contributed by atoms with E-state index < -0.39 is 102 Å². The fourth-order valence-corrected chi connectivity index (χ4v) is 8.92. The van der Waals surface area contributed by atoms with E-state index in [-0.39, 0.29) is 50.2 Å². The summed E-state index contributed by atoms with van der Waals surface area (Å²) >= 11 is 14.6. The van der Waals surface area contributed by atoms with Crippen molar-refractivity contribution in [3.63, 3.8) is 0 Å². The van der Waals surface area contributed by atoms with E-state index >= 15 is 0 Å². The van der Waals surface area contributed by atoms with E-state index in [4.69, 9.17) is 23.1 Å². The zero-order chi connectivity index (χ0) is 56.0. The Morgan fingerprint density at radius 1 is 0.584 bits per heavy atom. The molecule has 0 bridgehead atoms. The number of hydrogen-bond donors (Lipinski definition) is 13. The molecule has 3 aromatic carbocycles. The fraction of sp³-hybridized carbons (Fsp3) is 0.389. The summed E-state index contributed by atoms with van der Waals surface area (Å²) < 4.78 is 0. The number of carbonyl (C=O) groups is 8. The first-order valence-electron chi connectivity index (χ1n) is 25.2. The molecule has 0 aliphatic carbocycles. The number of pyridine rings is 1. The van der Waals surface area contributed by atoms with Crippen LogP contribution in [0.2, 0.25) is 5.02 Å². The summed E-state index contributed by atoms with van der Waals surface area (Å²) in [4.78, 5) is 118. The number of para-hydroxylation sites is 1. The number of carbonyl (C=O) groups excluding carboxylic acids is 7. The maximum Gasteiger partial charge on any atom is 0.326 e. The van der Waals surface area contributed by atoms with Crippen molar-refractivity contribution in [3.8, 4) is 0 Å². The van der Waals surface area contributed by atoms with Crippen molar-refractivity contribution in [1.29, 1.82) is 0 Å². The number of hydrogen-bond acceptors (Lipinski definition) is 13. The molecule has 13 N–H and O–H groups in total. The molecule has 5 rings (SSSR count). The summed E-state index contributed by atoms with van der Waals surface area (Å²) in [5.74, 6) is -7.52. The first kappa shape index (κ1) is 60.9. The van der Waals surface area contributed by atoms with Gasteiger partial charge in [0.1, 0.15) is 42.3 Å². The summed E-state index contributed by atoms with van der Waals surface area (Å²) in [5, 5.41) is 29.9. The zero-order valence-corrected chi connectivity index (χ0v) is 45.3. The second-order valence-electron chi connectivity index (χ2n) is 18.8. The number of rotatable bonds is 30. The number of H-pyrrole nitrogens is 1. The summed E-state index contributed by atoms with van der Waals surface area (Å²) in [6, 6.07) is 16.0. The highest BCUT2D eigenvalue weighted by Crippen LogP contribution is 2.20. The molecular weight excluding hydrogens is 1050 g/mol. The standard InChI is InChI=1S/C54H68ClN11O9S2/c1-31(2)46(53(73)65-45(30-77)52(72)63-43(54(74)75)24-32-11-4-3-5-12-32)66-48(68)40(16-8-9-21-56)60-50(70)42(26-35-28-59-39-15-7-6-14-37(35)39)62-49(69)41(25-34-13-10-22-58-27-34)61-51(71)44(29-76)64-47(67)38(57)23-33-17-19-36(55)20-18-33/h3-7,10-15,17-20,22,27-28,31,38,40-46,59,76-77H,8-9,16,21,23-26,29-30,56-57H2,1-2H3,(H,60,70)(H,61,71)(H,62,69)(H,63,72)(H,64,67)(H,65,73)(H,66,68)(H,74,75)/t38-,40-,41-,42+,43-,44+,45-,46-/m0/s1. The van der Waals surface area contributed by atoms with Crippen LogP contribution in [-0.4, -0.2) is 129 Å². The van der Waals surface area contributed by atoms with Crippen LogP contribution in [0.1, 0.15) is 55.4 Å². The molecule has 23 heteroatoms. The Morgan fingerprint density at radius 3 is 1.70 bits per heavy atom. The fourth-order valence-electron chi connectivity index (χ4n) is 8.28. The highest BCUT2D eigenvalue weighted by atomic mass is 35.5. The molecule has 412 valence electrons. The molecule has 2 heterocycles. The monoisotopic (exact) mass is 1110 g/mol. The number of nitrogens with two attached hydrogens (primary N) is 2. The van der Waals surface area contributed by atoms with Crippen molar-refractivity contribution in [2.45, 2.75) is 107 Å². The lowest BCUT2D eigenvalue weighted by Gasteiger charge is -2.29. The number of aromatic nitrogens is 2. The Balaban J connectivity index is 1.36. The van der Waals surface area contributed by atoms with Crippen LogP contribution in [0.3, 0.4) is 0 Å². The third-order valence-corrected chi connectivity index (χ3v) is 13.6. The van der Waals surface area contributed by atoms with Gasteiger partial charge in [0, 0.05) is 65.3 Å². The molecule has 0 unspecified atom stereocenters. The first-order chi connectivity index (χ1) is 36.9. The summed E-state index contributed by atoms with van der Waals surface area (Å²) in [5.41, 5.74) is 15.4. The van der Waals surface area contributed by atoms with Crippen LogP contribution in [0.25, 0.3) is 10.9 Å². The largest absolute Gasteiger partial charge is 0.480 e. The van der Waals surface area contributed by atoms with Crippen LogP contribution < -0.4 is 48.7 Å². The molecular formula is C54H68ClN11O9S2. The minimum atomic E-state index is -1.37. The summed E-state index contributed by atoms with van der Waals surface area (Å²) in [7, 11) is 0. The van der Waals surface area contributed by atoms with Crippen molar-refractivity contribution in [3.05, 3.63) is 137 Å². The van der Waals surface area contributed by atoms with E-state index in [1.165, 1.54) is 6.20 Å². The van der Waals surface area contributed by atoms with E-state index in [9.17, 15) is 43.5 Å². The number of halogens is 1. The molecule has 0 saturated heterocycles. The number of amides is 7. The SMILES string of the molecule is CC(C)[C@H](NC(=O)[C@H](CCCCN)NC(=O)[C@@H](Cc1c[nH]c2ccccc12)NC(=O)[C@H](Cc1cccnc1)NC(=O)[C@@H](CS)NC(=O)[C@@H](N)Cc1ccc(Cl)cc1)C(=O)N[C@@H](CS)C(=O)N[C@@H](Cc1ccccc1)C(=O)O. The molecule has 0 saturated carbocycles. The highest BCUT2D eigenvalue weighted by Gasteiger charge is 2.35. The van der Waals surface area contributed by atoms with Crippen LogP contribution in [0.5, 0.6) is 0 Å². The predicted molar refractivity (Wildman–Crippen MR) is 300 cm³/mol. The van der Waals surface area contributed by atoms with E-state index in [0.717, 1.165) is 16.5 Å². The highest BCUT2D eigenvalue weighted by molar-refractivity contribution is 7.80. The Hall–Kier alpha value is -6.98. The number of nitrogens with one attached hydrogen (secondary N) is 8. The van der Waals surface area contributed by atoms with Gasteiger partial charge in [-0.2, -0.15) is 25.3 Å². The Morgan fingerprint density at radius 2 is 1.10 bits per heavy atom. The van der Waals surface area contributed by atoms with Gasteiger partial charge < -0.3 is 58.8 Å². The van der Waals surface area contributed by atoms with Gasteiger partial charge in [0.25, 0.3) is 0 Å². The lowest BCUT2D eigenvalue weighted by atomic mass is 10.00. The van der Waals surface area contributed by atoms with Gasteiger partial charge in [-0.1, -0.05) is 92.2 Å². The second kappa shape index (κ2) is 30.7. The van der Waals surface area contributed by atoms with Crippen molar-refractivity contribution in [2.75, 3.05) is 18.1 Å². The predicted octanol–water partition coefficient (Wildman–Crippen LogP) is 1.94. The van der Waals surface area contributed by atoms with Gasteiger partial charge in [-0.3, -0.25) is 38.5 Å². The van der Waals surface area contributed by atoms with Gasteiger partial charge in [0.2, 0.25) is 41.4 Å². The number of thiol groups is 2.